The van der Waals surface area contributed by atoms with Crippen molar-refractivity contribution in [3.05, 3.63) is 29.1 Å². The highest BCUT2D eigenvalue weighted by Crippen LogP contribution is 2.38. The second kappa shape index (κ2) is 5.68. The average Bonchev–Trinajstić information content (AvgIpc) is 3.21. The topological polar surface area (TPSA) is 63.4 Å². The predicted molar refractivity (Wildman–Crippen MR) is 86.9 cm³/mol. The molecule has 114 valence electrons. The quantitative estimate of drug-likeness (QED) is 0.888. The van der Waals surface area contributed by atoms with Crippen LogP contribution in [0.5, 0.6) is 0 Å². The summed E-state index contributed by atoms with van der Waals surface area (Å²) in [5.41, 5.74) is 5.79. The van der Waals surface area contributed by atoms with Gasteiger partial charge in [-0.25, -0.2) is 8.42 Å². The molecule has 1 heterocycles. The van der Waals surface area contributed by atoms with Crippen LogP contribution >= 0.6 is 11.3 Å². The van der Waals surface area contributed by atoms with Crippen LogP contribution in [0.3, 0.4) is 0 Å². The van der Waals surface area contributed by atoms with Crippen molar-refractivity contribution in [3.8, 4) is 0 Å². The van der Waals surface area contributed by atoms with Crippen LogP contribution in [0.4, 0.5) is 0 Å². The second-order valence-electron chi connectivity index (χ2n) is 5.45. The molecule has 1 aliphatic carbocycles. The number of thiophene rings is 1. The van der Waals surface area contributed by atoms with E-state index < -0.39 is 10.0 Å². The van der Waals surface area contributed by atoms with Crippen molar-refractivity contribution in [2.75, 3.05) is 13.1 Å². The number of benzene rings is 1. The van der Waals surface area contributed by atoms with Gasteiger partial charge < -0.3 is 5.73 Å². The first-order valence-corrected chi connectivity index (χ1v) is 9.54. The van der Waals surface area contributed by atoms with E-state index in [1.54, 1.807) is 4.31 Å². The van der Waals surface area contributed by atoms with E-state index in [1.807, 2.05) is 31.2 Å². The fraction of sp³-hybridized carbons (Fsp3) is 0.467. The summed E-state index contributed by atoms with van der Waals surface area (Å²) >= 11 is 1.48. The lowest BCUT2D eigenvalue weighted by Crippen LogP contribution is -2.33. The van der Waals surface area contributed by atoms with Gasteiger partial charge >= 0.3 is 0 Å². The van der Waals surface area contributed by atoms with Gasteiger partial charge in [-0.05, 0) is 24.8 Å². The Bertz CT molecular complexity index is 748. The number of rotatable bonds is 6. The minimum absolute atomic E-state index is 0.259. The van der Waals surface area contributed by atoms with Gasteiger partial charge in [0.15, 0.2) is 0 Å². The van der Waals surface area contributed by atoms with Gasteiger partial charge in [-0.3, -0.25) is 0 Å². The van der Waals surface area contributed by atoms with Crippen molar-refractivity contribution in [2.45, 2.75) is 31.2 Å². The van der Waals surface area contributed by atoms with Gasteiger partial charge in [0.05, 0.1) is 0 Å². The van der Waals surface area contributed by atoms with Crippen molar-refractivity contribution < 1.29 is 8.42 Å². The highest BCUT2D eigenvalue weighted by Gasteiger charge is 2.33. The van der Waals surface area contributed by atoms with Crippen LogP contribution in [0.2, 0.25) is 0 Å². The van der Waals surface area contributed by atoms with Crippen molar-refractivity contribution in [2.24, 2.45) is 11.7 Å². The maximum Gasteiger partial charge on any atom is 0.244 e. The van der Waals surface area contributed by atoms with Crippen LogP contribution in [-0.4, -0.2) is 25.8 Å². The number of nitrogens with zero attached hydrogens (tertiary/aromatic N) is 1. The van der Waals surface area contributed by atoms with Crippen LogP contribution in [0.25, 0.3) is 10.1 Å². The maximum atomic E-state index is 13.1. The third kappa shape index (κ3) is 2.73. The fourth-order valence-corrected chi connectivity index (χ4v) is 5.92. The summed E-state index contributed by atoms with van der Waals surface area (Å²) in [4.78, 5) is 1.18. The summed E-state index contributed by atoms with van der Waals surface area (Å²) in [6, 6.07) is 7.64. The second-order valence-corrected chi connectivity index (χ2v) is 8.47. The van der Waals surface area contributed by atoms with E-state index in [1.165, 1.54) is 11.3 Å². The highest BCUT2D eigenvalue weighted by atomic mass is 32.2. The molecule has 1 aliphatic rings. The van der Waals surface area contributed by atoms with Crippen LogP contribution in [0.1, 0.15) is 24.6 Å². The van der Waals surface area contributed by atoms with Gasteiger partial charge in [-0.1, -0.05) is 25.1 Å². The molecule has 0 atom stereocenters. The van der Waals surface area contributed by atoms with E-state index in [-0.39, 0.29) is 6.54 Å². The third-order valence-electron chi connectivity index (χ3n) is 3.91. The molecule has 0 unspecified atom stereocenters. The number of hydrogen-bond acceptors (Lipinski definition) is 4. The van der Waals surface area contributed by atoms with Crippen molar-refractivity contribution >= 4 is 31.4 Å². The summed E-state index contributed by atoms with van der Waals surface area (Å²) in [5.74, 6) is 0.533. The van der Waals surface area contributed by atoms with Crippen molar-refractivity contribution in [3.63, 3.8) is 0 Å². The SMILES string of the molecule is CCN(CC1CC1)S(=O)(=O)c1c(CN)sc2ccccc12. The molecule has 2 N–H and O–H groups in total. The lowest BCUT2D eigenvalue weighted by atomic mass is 10.2. The van der Waals surface area contributed by atoms with Gasteiger partial charge in [0.1, 0.15) is 4.90 Å². The molecule has 0 bridgehead atoms. The normalized spacial score (nSPS) is 16.0. The zero-order chi connectivity index (χ0) is 15.0. The molecule has 1 fully saturated rings. The zero-order valence-corrected chi connectivity index (χ0v) is 13.7. The first-order chi connectivity index (χ1) is 10.1. The predicted octanol–water partition coefficient (Wildman–Crippen LogP) is 2.78. The summed E-state index contributed by atoms with van der Waals surface area (Å²) in [6.45, 7) is 3.30. The Balaban J connectivity index is 2.12. The molecule has 1 aromatic carbocycles. The molecule has 4 nitrogen and oxygen atoms in total. The Labute approximate surface area is 129 Å². The summed E-state index contributed by atoms with van der Waals surface area (Å²) < 4.78 is 28.7. The fourth-order valence-electron chi connectivity index (χ4n) is 2.60. The Morgan fingerprint density at radius 2 is 2.05 bits per heavy atom. The van der Waals surface area contributed by atoms with Crippen LogP contribution in [0.15, 0.2) is 29.2 Å². The number of sulfonamides is 1. The molecule has 1 aromatic heterocycles. The monoisotopic (exact) mass is 324 g/mol. The summed E-state index contributed by atoms with van der Waals surface area (Å²) in [7, 11) is -3.47. The van der Waals surface area contributed by atoms with E-state index >= 15 is 0 Å². The van der Waals surface area contributed by atoms with Crippen LogP contribution < -0.4 is 5.73 Å². The number of nitrogens with two attached hydrogens (primary N) is 1. The Morgan fingerprint density at radius 3 is 2.67 bits per heavy atom. The van der Waals surface area contributed by atoms with Crippen LogP contribution in [-0.2, 0) is 16.6 Å². The first kappa shape index (κ1) is 15.0. The number of hydrogen-bond donors (Lipinski definition) is 1. The Morgan fingerprint density at radius 1 is 1.33 bits per heavy atom. The molecule has 0 amide bonds. The van der Waals surface area contributed by atoms with E-state index in [2.05, 4.69) is 0 Å². The molecule has 3 rings (SSSR count). The Hall–Kier alpha value is -0.950. The minimum atomic E-state index is -3.47. The molecular formula is C15H20N2O2S2. The van der Waals surface area contributed by atoms with E-state index in [9.17, 15) is 8.42 Å². The zero-order valence-electron chi connectivity index (χ0n) is 12.1. The third-order valence-corrected chi connectivity index (χ3v) is 7.30. The molecular weight excluding hydrogens is 304 g/mol. The smallest absolute Gasteiger partial charge is 0.244 e. The van der Waals surface area contributed by atoms with Crippen LogP contribution in [0, 0.1) is 5.92 Å². The van der Waals surface area contributed by atoms with E-state index in [4.69, 9.17) is 5.73 Å². The molecule has 1 saturated carbocycles. The molecule has 0 saturated heterocycles. The largest absolute Gasteiger partial charge is 0.326 e. The molecule has 0 aliphatic heterocycles. The van der Waals surface area contributed by atoms with Crippen molar-refractivity contribution in [1.82, 2.24) is 4.31 Å². The lowest BCUT2D eigenvalue weighted by molar-refractivity contribution is 0.412. The highest BCUT2D eigenvalue weighted by molar-refractivity contribution is 7.89. The summed E-state index contributed by atoms with van der Waals surface area (Å²) in [5, 5.41) is 0.803. The molecule has 2 aromatic rings. The lowest BCUT2D eigenvalue weighted by Gasteiger charge is -2.20. The maximum absolute atomic E-state index is 13.1. The van der Waals surface area contributed by atoms with Gasteiger partial charge in [0, 0.05) is 34.6 Å². The van der Waals surface area contributed by atoms with Gasteiger partial charge in [-0.15, -0.1) is 11.3 Å². The standard InChI is InChI=1S/C15H20N2O2S2/c1-2-17(10-11-7-8-11)21(18,19)15-12-5-3-4-6-13(12)20-14(15)9-16/h3-6,11H,2,7-10,16H2,1H3. The minimum Gasteiger partial charge on any atom is -0.326 e. The molecule has 6 heteroatoms. The Kier molecular flexibility index (Phi) is 4.05. The van der Waals surface area contributed by atoms with Gasteiger partial charge in [0.2, 0.25) is 10.0 Å². The average molecular weight is 324 g/mol. The molecule has 0 radical (unpaired) electrons. The number of fused-ring (bicyclic) bond motifs is 1. The summed E-state index contributed by atoms with van der Waals surface area (Å²) in [6.07, 6.45) is 2.28. The van der Waals surface area contributed by atoms with Gasteiger partial charge in [0.25, 0.3) is 0 Å². The molecule has 0 spiro atoms. The molecule has 21 heavy (non-hydrogen) atoms. The first-order valence-electron chi connectivity index (χ1n) is 7.28. The van der Waals surface area contributed by atoms with Crippen molar-refractivity contribution in [1.29, 1.82) is 0 Å². The van der Waals surface area contributed by atoms with E-state index in [0.717, 1.165) is 27.8 Å². The van der Waals surface area contributed by atoms with Gasteiger partial charge in [-0.2, -0.15) is 4.31 Å². The van der Waals surface area contributed by atoms with E-state index in [0.29, 0.717) is 23.9 Å².